The molecule has 6 rings (SSSR count). The first-order chi connectivity index (χ1) is 13.8. The number of rotatable bonds is 2. The van der Waals surface area contributed by atoms with Crippen LogP contribution in [0.4, 0.5) is 9.93 Å². The Hall–Kier alpha value is -2.81. The normalized spacial score (nSPS) is 21.3. The molecule has 3 aromatic rings. The van der Waals surface area contributed by atoms with Crippen LogP contribution in [0.2, 0.25) is 0 Å². The third-order valence-corrected chi connectivity index (χ3v) is 6.39. The lowest BCUT2D eigenvalue weighted by Gasteiger charge is -2.55. The number of carbonyl (C=O) groups is 1. The number of thiazole rings is 1. The van der Waals surface area contributed by atoms with Gasteiger partial charge in [-0.05, 0) is 39.3 Å². The number of fused-ring (bicyclic) bond motifs is 3. The molecule has 3 aliphatic heterocycles. The van der Waals surface area contributed by atoms with Crippen LogP contribution in [0.15, 0.2) is 29.0 Å². The van der Waals surface area contributed by atoms with Crippen molar-refractivity contribution in [3.63, 3.8) is 0 Å². The van der Waals surface area contributed by atoms with E-state index < -0.39 is 5.60 Å². The lowest BCUT2D eigenvalue weighted by atomic mass is 9.88. The van der Waals surface area contributed by atoms with Crippen LogP contribution < -0.4 is 4.90 Å². The summed E-state index contributed by atoms with van der Waals surface area (Å²) < 4.78 is 11.8. The van der Waals surface area contributed by atoms with Crippen molar-refractivity contribution in [3.8, 4) is 17.2 Å². The van der Waals surface area contributed by atoms with Crippen LogP contribution in [0.3, 0.4) is 0 Å². The van der Waals surface area contributed by atoms with Gasteiger partial charge in [-0.25, -0.2) is 14.8 Å². The first kappa shape index (κ1) is 18.2. The lowest BCUT2D eigenvalue weighted by Crippen LogP contribution is -2.70. The number of piperazine rings is 1. The van der Waals surface area contributed by atoms with Gasteiger partial charge >= 0.3 is 6.09 Å². The Balaban J connectivity index is 1.40. The summed E-state index contributed by atoms with van der Waals surface area (Å²) in [5.41, 5.74) is 0.856. The van der Waals surface area contributed by atoms with Gasteiger partial charge in [0.25, 0.3) is 0 Å². The molecule has 0 aliphatic carbocycles. The van der Waals surface area contributed by atoms with Crippen molar-refractivity contribution in [2.45, 2.75) is 44.9 Å². The number of piperidine rings is 1. The van der Waals surface area contributed by atoms with Crippen molar-refractivity contribution in [1.29, 1.82) is 0 Å². The van der Waals surface area contributed by atoms with Gasteiger partial charge in [0.15, 0.2) is 5.13 Å². The lowest BCUT2D eigenvalue weighted by molar-refractivity contribution is -0.0379. The number of phenols is 1. The number of carbonyl (C=O) groups excluding carboxylic acids is 1. The predicted molar refractivity (Wildman–Crippen MR) is 109 cm³/mol. The fourth-order valence-corrected chi connectivity index (χ4v) is 5.13. The molecule has 3 fully saturated rings. The van der Waals surface area contributed by atoms with E-state index >= 15 is 0 Å². The molecule has 29 heavy (non-hydrogen) atoms. The molecular formula is C20H22N4O4S. The van der Waals surface area contributed by atoms with Gasteiger partial charge in [-0.1, -0.05) is 11.3 Å². The Morgan fingerprint density at radius 3 is 2.72 bits per heavy atom. The topological polar surface area (TPSA) is 91.9 Å². The molecular weight excluding hydrogens is 392 g/mol. The minimum atomic E-state index is -0.499. The molecule has 2 aromatic heterocycles. The van der Waals surface area contributed by atoms with Crippen molar-refractivity contribution in [3.05, 3.63) is 24.6 Å². The van der Waals surface area contributed by atoms with Crippen LogP contribution in [0.1, 0.15) is 27.2 Å². The van der Waals surface area contributed by atoms with E-state index in [0.29, 0.717) is 24.5 Å². The standard InChI is InChI=1S/C20H22N4O4S/c1-20(2,3)28-19(26)24-11-8-12(24)10-23(9-11)18-22-15-14(25)5-4-13(16(15)29-18)17-21-6-7-27-17/h4-7,11-12,25H,8-10H2,1-3H3. The summed E-state index contributed by atoms with van der Waals surface area (Å²) >= 11 is 1.51. The van der Waals surface area contributed by atoms with Gasteiger partial charge in [-0.2, -0.15) is 0 Å². The van der Waals surface area contributed by atoms with Crippen LogP contribution in [0, 0.1) is 0 Å². The highest BCUT2D eigenvalue weighted by Crippen LogP contribution is 2.42. The highest BCUT2D eigenvalue weighted by molar-refractivity contribution is 7.22. The molecule has 1 N–H and O–H groups in total. The van der Waals surface area contributed by atoms with Crippen LogP contribution in [-0.2, 0) is 4.74 Å². The second-order valence-electron chi connectivity index (χ2n) is 8.48. The highest BCUT2D eigenvalue weighted by atomic mass is 32.1. The van der Waals surface area contributed by atoms with Gasteiger partial charge < -0.3 is 19.2 Å². The monoisotopic (exact) mass is 414 g/mol. The molecule has 9 heteroatoms. The summed E-state index contributed by atoms with van der Waals surface area (Å²) in [6.07, 6.45) is 3.86. The maximum Gasteiger partial charge on any atom is 0.410 e. The predicted octanol–water partition coefficient (Wildman–Crippen LogP) is 3.85. The van der Waals surface area contributed by atoms with Crippen LogP contribution in [0.25, 0.3) is 21.7 Å². The Kier molecular flexibility index (Phi) is 3.99. The summed E-state index contributed by atoms with van der Waals surface area (Å²) in [6, 6.07) is 3.65. The fraction of sp³-hybridized carbons (Fsp3) is 0.450. The summed E-state index contributed by atoms with van der Waals surface area (Å²) in [5, 5.41) is 11.1. The second kappa shape index (κ2) is 6.35. The molecule has 1 aromatic carbocycles. The molecule has 8 nitrogen and oxygen atoms in total. The maximum atomic E-state index is 12.5. The Morgan fingerprint density at radius 2 is 2.07 bits per heavy atom. The summed E-state index contributed by atoms with van der Waals surface area (Å²) in [5.74, 6) is 0.637. The molecule has 1 amide bonds. The molecule has 3 saturated heterocycles. The van der Waals surface area contributed by atoms with Crippen LogP contribution in [0.5, 0.6) is 5.75 Å². The third kappa shape index (κ3) is 3.09. The zero-order chi connectivity index (χ0) is 20.3. The van der Waals surface area contributed by atoms with E-state index in [0.717, 1.165) is 21.8 Å². The Morgan fingerprint density at radius 1 is 1.31 bits per heavy atom. The number of aromatic hydroxyl groups is 1. The summed E-state index contributed by atoms with van der Waals surface area (Å²) in [4.78, 5) is 25.4. The van der Waals surface area contributed by atoms with Crippen LogP contribution in [-0.4, -0.2) is 56.8 Å². The molecule has 0 radical (unpaired) electrons. The van der Waals surface area contributed by atoms with Crippen molar-refractivity contribution >= 4 is 32.8 Å². The first-order valence-electron chi connectivity index (χ1n) is 9.59. The zero-order valence-corrected chi connectivity index (χ0v) is 17.3. The number of hydrogen-bond donors (Lipinski definition) is 1. The quantitative estimate of drug-likeness (QED) is 0.681. The fourth-order valence-electron chi connectivity index (χ4n) is 4.02. The molecule has 2 unspecified atom stereocenters. The third-order valence-electron chi connectivity index (χ3n) is 5.24. The Labute approximate surface area is 171 Å². The molecule has 3 aliphatic rings. The number of ether oxygens (including phenoxy) is 1. The SMILES string of the molecule is CC(C)(C)OC(=O)N1C2CC1CN(c1nc3c(O)ccc(-c4ncco4)c3s1)C2. The van der Waals surface area contributed by atoms with Crippen molar-refractivity contribution in [1.82, 2.24) is 14.9 Å². The number of amides is 1. The summed E-state index contributed by atoms with van der Waals surface area (Å²) in [6.45, 7) is 7.04. The van der Waals surface area contributed by atoms with Crippen molar-refractivity contribution < 1.29 is 19.1 Å². The van der Waals surface area contributed by atoms with E-state index in [1.54, 1.807) is 18.3 Å². The van der Waals surface area contributed by atoms with Crippen LogP contribution >= 0.6 is 11.3 Å². The van der Waals surface area contributed by atoms with E-state index in [-0.39, 0.29) is 23.9 Å². The molecule has 0 spiro atoms. The number of oxazole rings is 1. The smallest absolute Gasteiger partial charge is 0.410 e. The maximum absolute atomic E-state index is 12.5. The Bertz CT molecular complexity index is 1060. The molecule has 5 heterocycles. The molecule has 2 atom stereocenters. The minimum absolute atomic E-state index is 0.121. The van der Waals surface area contributed by atoms with Gasteiger partial charge in [0.05, 0.1) is 28.5 Å². The van der Waals surface area contributed by atoms with E-state index in [1.165, 1.54) is 17.6 Å². The molecule has 2 bridgehead atoms. The number of nitrogens with zero attached hydrogens (tertiary/aromatic N) is 4. The minimum Gasteiger partial charge on any atom is -0.506 e. The van der Waals surface area contributed by atoms with Crippen molar-refractivity contribution in [2.75, 3.05) is 18.0 Å². The average molecular weight is 414 g/mol. The number of hydrogen-bond acceptors (Lipinski definition) is 8. The number of phenolic OH excluding ortho intramolecular Hbond substituents is 1. The number of aromatic nitrogens is 2. The number of anilines is 1. The average Bonchev–Trinajstić information content (AvgIpc) is 3.31. The van der Waals surface area contributed by atoms with Gasteiger partial charge in [-0.3, -0.25) is 4.90 Å². The molecule has 0 saturated carbocycles. The van der Waals surface area contributed by atoms with Gasteiger partial charge in [0.2, 0.25) is 5.89 Å². The number of benzene rings is 1. The largest absolute Gasteiger partial charge is 0.506 e. The summed E-state index contributed by atoms with van der Waals surface area (Å²) in [7, 11) is 0. The van der Waals surface area contributed by atoms with Gasteiger partial charge in [0.1, 0.15) is 23.1 Å². The van der Waals surface area contributed by atoms with E-state index in [4.69, 9.17) is 9.15 Å². The highest BCUT2D eigenvalue weighted by Gasteiger charge is 2.49. The first-order valence-corrected chi connectivity index (χ1v) is 10.4. The zero-order valence-electron chi connectivity index (χ0n) is 16.5. The second-order valence-corrected chi connectivity index (χ2v) is 9.46. The van der Waals surface area contributed by atoms with E-state index in [2.05, 4.69) is 14.9 Å². The molecule has 152 valence electrons. The van der Waals surface area contributed by atoms with E-state index in [9.17, 15) is 9.90 Å². The van der Waals surface area contributed by atoms with Crippen molar-refractivity contribution in [2.24, 2.45) is 0 Å². The van der Waals surface area contributed by atoms with E-state index in [1.807, 2.05) is 25.7 Å². The van der Waals surface area contributed by atoms with Gasteiger partial charge in [0, 0.05) is 13.1 Å². The van der Waals surface area contributed by atoms with Gasteiger partial charge in [-0.15, -0.1) is 0 Å².